The summed E-state index contributed by atoms with van der Waals surface area (Å²) in [6.07, 6.45) is 1.84. The van der Waals surface area contributed by atoms with Crippen molar-refractivity contribution in [1.82, 2.24) is 4.98 Å². The molecule has 3 heteroatoms. The van der Waals surface area contributed by atoms with Crippen molar-refractivity contribution in [2.45, 2.75) is 30.4 Å². The predicted molar refractivity (Wildman–Crippen MR) is 83.2 cm³/mol. The number of rotatable bonds is 4. The third-order valence-corrected chi connectivity index (χ3v) is 5.92. The Labute approximate surface area is 115 Å². The highest BCUT2D eigenvalue weighted by Crippen LogP contribution is 2.19. The molecule has 0 aliphatic heterocycles. The number of benzene rings is 1. The van der Waals surface area contributed by atoms with Gasteiger partial charge in [0, 0.05) is 11.9 Å². The molecule has 18 heavy (non-hydrogen) atoms. The Balaban J connectivity index is 1.99. The van der Waals surface area contributed by atoms with Crippen molar-refractivity contribution in [1.29, 1.82) is 0 Å². The minimum absolute atomic E-state index is 0.989. The van der Waals surface area contributed by atoms with Crippen LogP contribution in [0.1, 0.15) is 5.56 Å². The molecule has 0 aliphatic rings. The van der Waals surface area contributed by atoms with E-state index in [-0.39, 0.29) is 0 Å². The second-order valence-corrected chi connectivity index (χ2v) is 11.5. The first kappa shape index (κ1) is 13.4. The lowest BCUT2D eigenvalue weighted by Gasteiger charge is -2.16. The van der Waals surface area contributed by atoms with Gasteiger partial charge < -0.3 is 0 Å². The molecule has 0 radical (unpaired) electrons. The van der Waals surface area contributed by atoms with Crippen LogP contribution in [-0.4, -0.2) is 13.1 Å². The first-order valence-electron chi connectivity index (χ1n) is 6.19. The smallest absolute Gasteiger partial charge is 0.0963 e. The zero-order valence-corrected chi connectivity index (χ0v) is 13.0. The van der Waals surface area contributed by atoms with Gasteiger partial charge in [0.1, 0.15) is 0 Å². The van der Waals surface area contributed by atoms with Gasteiger partial charge in [0.2, 0.25) is 0 Å². The van der Waals surface area contributed by atoms with E-state index in [1.165, 1.54) is 10.8 Å². The zero-order valence-electron chi connectivity index (χ0n) is 11.2. The molecule has 0 atom stereocenters. The molecule has 1 nitrogen and oxygen atoms in total. The summed E-state index contributed by atoms with van der Waals surface area (Å²) in [7, 11) is -1.16. The third kappa shape index (κ3) is 3.72. The lowest BCUT2D eigenvalue weighted by molar-refractivity contribution is 1.13. The molecule has 2 aromatic rings. The van der Waals surface area contributed by atoms with Gasteiger partial charge >= 0.3 is 0 Å². The topological polar surface area (TPSA) is 12.9 Å². The first-order valence-corrected chi connectivity index (χ1v) is 10.7. The molecule has 0 amide bonds. The fourth-order valence-electron chi connectivity index (χ4n) is 1.69. The van der Waals surface area contributed by atoms with E-state index >= 15 is 0 Å². The Kier molecular flexibility index (Phi) is 4.25. The zero-order chi connectivity index (χ0) is 13.0. The Hall–Kier alpha value is -1.06. The largest absolute Gasteiger partial charge is 0.250 e. The monoisotopic (exact) mass is 273 g/mol. The highest BCUT2D eigenvalue weighted by atomic mass is 32.2. The summed E-state index contributed by atoms with van der Waals surface area (Å²) in [5, 5.41) is 2.61. The molecule has 0 spiro atoms. The van der Waals surface area contributed by atoms with E-state index in [4.69, 9.17) is 0 Å². The molecule has 0 fully saturated rings. The second kappa shape index (κ2) is 5.72. The van der Waals surface area contributed by atoms with Crippen molar-refractivity contribution in [2.75, 3.05) is 0 Å². The Morgan fingerprint density at radius 1 is 1.00 bits per heavy atom. The summed E-state index contributed by atoms with van der Waals surface area (Å²) < 4.78 is 0. The molecular formula is C15H19NSSi. The van der Waals surface area contributed by atoms with Gasteiger partial charge in [0.05, 0.1) is 13.1 Å². The molecule has 94 valence electrons. The van der Waals surface area contributed by atoms with E-state index in [0.717, 1.165) is 10.8 Å². The van der Waals surface area contributed by atoms with Crippen LogP contribution in [0.25, 0.3) is 0 Å². The molecule has 0 unspecified atom stereocenters. The lowest BCUT2D eigenvalue weighted by atomic mass is 10.2. The number of pyridine rings is 1. The Morgan fingerprint density at radius 2 is 1.72 bits per heavy atom. The summed E-state index contributed by atoms with van der Waals surface area (Å²) in [6, 6.07) is 15.1. The van der Waals surface area contributed by atoms with Gasteiger partial charge in [0.15, 0.2) is 0 Å². The van der Waals surface area contributed by atoms with Gasteiger partial charge in [-0.3, -0.25) is 0 Å². The molecule has 2 rings (SSSR count). The maximum absolute atomic E-state index is 4.32. The van der Waals surface area contributed by atoms with Crippen molar-refractivity contribution in [3.63, 3.8) is 0 Å². The molecular weight excluding hydrogens is 254 g/mol. The Bertz CT molecular complexity index is 488. The number of hydrogen-bond acceptors (Lipinski definition) is 2. The summed E-state index contributed by atoms with van der Waals surface area (Å²) >= 11 is 1.79. The summed E-state index contributed by atoms with van der Waals surface area (Å²) in [5.41, 5.74) is 1.37. The maximum Gasteiger partial charge on any atom is 0.0963 e. The summed E-state index contributed by atoms with van der Waals surface area (Å²) in [4.78, 5) is 4.32. The molecule has 1 aromatic heterocycles. The van der Waals surface area contributed by atoms with E-state index in [1.54, 1.807) is 11.8 Å². The molecule has 0 bridgehead atoms. The molecule has 0 saturated carbocycles. The fourth-order valence-corrected chi connectivity index (χ4v) is 3.67. The third-order valence-electron chi connectivity index (χ3n) is 2.84. The molecule has 0 N–H and O–H groups in total. The second-order valence-electron chi connectivity index (χ2n) is 5.40. The highest BCUT2D eigenvalue weighted by molar-refractivity contribution is 7.98. The van der Waals surface area contributed by atoms with E-state index in [0.29, 0.717) is 0 Å². The number of nitrogens with zero attached hydrogens (tertiary/aromatic N) is 1. The van der Waals surface area contributed by atoms with Gasteiger partial charge in [-0.25, -0.2) is 4.98 Å². The van der Waals surface area contributed by atoms with E-state index in [2.05, 4.69) is 55.0 Å². The molecule has 0 saturated heterocycles. The van der Waals surface area contributed by atoms with Crippen LogP contribution >= 0.6 is 11.8 Å². The average Bonchev–Trinajstić information content (AvgIpc) is 2.37. The fraction of sp³-hybridized carbons (Fsp3) is 0.267. The normalized spacial score (nSPS) is 11.5. The van der Waals surface area contributed by atoms with Crippen molar-refractivity contribution < 1.29 is 0 Å². The van der Waals surface area contributed by atoms with Crippen LogP contribution in [0.2, 0.25) is 19.6 Å². The minimum Gasteiger partial charge on any atom is -0.250 e. The van der Waals surface area contributed by atoms with E-state index < -0.39 is 8.07 Å². The van der Waals surface area contributed by atoms with Gasteiger partial charge in [0.25, 0.3) is 0 Å². The van der Waals surface area contributed by atoms with Crippen molar-refractivity contribution in [2.24, 2.45) is 0 Å². The van der Waals surface area contributed by atoms with Gasteiger partial charge in [-0.1, -0.05) is 55.2 Å². The summed E-state index contributed by atoms with van der Waals surface area (Å²) in [6.45, 7) is 7.14. The van der Waals surface area contributed by atoms with Crippen molar-refractivity contribution in [3.8, 4) is 0 Å². The van der Waals surface area contributed by atoms with Crippen LogP contribution in [0, 0.1) is 0 Å². The van der Waals surface area contributed by atoms with Crippen molar-refractivity contribution in [3.05, 3.63) is 54.2 Å². The molecule has 1 aromatic carbocycles. The quantitative estimate of drug-likeness (QED) is 0.618. The number of hydrogen-bond donors (Lipinski definition) is 0. The van der Waals surface area contributed by atoms with Crippen LogP contribution in [0.3, 0.4) is 0 Å². The van der Waals surface area contributed by atoms with Crippen molar-refractivity contribution >= 4 is 25.0 Å². The van der Waals surface area contributed by atoms with Crippen LogP contribution in [0.4, 0.5) is 0 Å². The van der Waals surface area contributed by atoms with Crippen LogP contribution in [0.5, 0.6) is 0 Å². The summed E-state index contributed by atoms with van der Waals surface area (Å²) in [5.74, 6) is 0.989. The highest BCUT2D eigenvalue weighted by Gasteiger charge is 2.15. The van der Waals surface area contributed by atoms with E-state index in [9.17, 15) is 0 Å². The minimum atomic E-state index is -1.16. The SMILES string of the molecule is C[Si](C)(C)c1ccc(CSc2ccccn2)cc1. The predicted octanol–water partition coefficient (Wildman–Crippen LogP) is 3.92. The average molecular weight is 273 g/mol. The first-order chi connectivity index (χ1) is 8.55. The standard InChI is InChI=1S/C15H19NSSi/c1-18(2,3)14-9-7-13(8-10-14)12-17-15-6-4-5-11-16-15/h4-11H,12H2,1-3H3. The maximum atomic E-state index is 4.32. The molecule has 0 aliphatic carbocycles. The van der Waals surface area contributed by atoms with Gasteiger partial charge in [-0.05, 0) is 17.7 Å². The van der Waals surface area contributed by atoms with Gasteiger partial charge in [-0.2, -0.15) is 0 Å². The van der Waals surface area contributed by atoms with E-state index in [1.807, 2.05) is 18.3 Å². The van der Waals surface area contributed by atoms with Crippen LogP contribution < -0.4 is 5.19 Å². The number of thioether (sulfide) groups is 1. The van der Waals surface area contributed by atoms with Gasteiger partial charge in [-0.15, -0.1) is 11.8 Å². The molecule has 1 heterocycles. The van der Waals surface area contributed by atoms with Crippen LogP contribution in [0.15, 0.2) is 53.7 Å². The Morgan fingerprint density at radius 3 is 2.28 bits per heavy atom. The lowest BCUT2D eigenvalue weighted by Crippen LogP contribution is -2.37. The van der Waals surface area contributed by atoms with Crippen LogP contribution in [-0.2, 0) is 5.75 Å². The number of aromatic nitrogens is 1.